The molecule has 6 heteroatoms. The summed E-state index contributed by atoms with van der Waals surface area (Å²) in [5.74, 6) is -0.183. The van der Waals surface area contributed by atoms with E-state index in [-0.39, 0.29) is 18.5 Å². The summed E-state index contributed by atoms with van der Waals surface area (Å²) in [6.07, 6.45) is 1.98. The highest BCUT2D eigenvalue weighted by Crippen LogP contribution is 2.29. The molecule has 0 aliphatic carbocycles. The molecule has 1 unspecified atom stereocenters. The zero-order valence-corrected chi connectivity index (χ0v) is 13.2. The van der Waals surface area contributed by atoms with Gasteiger partial charge in [0.25, 0.3) is 0 Å². The maximum atomic E-state index is 11.9. The van der Waals surface area contributed by atoms with E-state index >= 15 is 0 Å². The monoisotopic (exact) mass is 318 g/mol. The number of anilines is 1. The Balaban J connectivity index is 2.51. The summed E-state index contributed by atoms with van der Waals surface area (Å²) in [5.41, 5.74) is 0.446. The minimum absolute atomic E-state index is 0.164. The van der Waals surface area contributed by atoms with Crippen molar-refractivity contribution in [3.63, 3.8) is 0 Å². The highest BCUT2D eigenvalue weighted by Gasteiger charge is 2.12. The van der Waals surface area contributed by atoms with E-state index in [1.807, 2.05) is 0 Å². The minimum Gasteiger partial charge on any atom is -0.383 e. The molecule has 0 saturated carbocycles. The molecule has 0 radical (unpaired) electrons. The minimum atomic E-state index is -0.183. The second-order valence-corrected chi connectivity index (χ2v) is 5.28. The van der Waals surface area contributed by atoms with Gasteiger partial charge in [-0.25, -0.2) is 0 Å². The SMILES string of the molecule is CCCC(COC)NCC(=O)Nc1c(Cl)cccc1Cl. The van der Waals surface area contributed by atoms with Crippen molar-refractivity contribution in [3.8, 4) is 0 Å². The lowest BCUT2D eigenvalue weighted by atomic mass is 10.2. The van der Waals surface area contributed by atoms with Gasteiger partial charge in [0, 0.05) is 13.2 Å². The zero-order valence-electron chi connectivity index (χ0n) is 11.7. The molecule has 0 spiro atoms. The van der Waals surface area contributed by atoms with E-state index < -0.39 is 0 Å². The van der Waals surface area contributed by atoms with Gasteiger partial charge in [0.05, 0.1) is 28.9 Å². The number of hydrogen-bond acceptors (Lipinski definition) is 3. The Bertz CT molecular complexity index is 415. The summed E-state index contributed by atoms with van der Waals surface area (Å²) in [5, 5.41) is 6.72. The lowest BCUT2D eigenvalue weighted by Gasteiger charge is -2.17. The number of carbonyl (C=O) groups is 1. The standard InChI is InChI=1S/C14H20Cl2N2O2/c1-3-5-10(9-20-2)17-8-13(19)18-14-11(15)6-4-7-12(14)16/h4,6-7,10,17H,3,5,8-9H2,1-2H3,(H,18,19). The first kappa shape index (κ1) is 17.2. The van der Waals surface area contributed by atoms with Crippen LogP contribution in [0.25, 0.3) is 0 Å². The Hall–Kier alpha value is -0.810. The number of ether oxygens (including phenoxy) is 1. The largest absolute Gasteiger partial charge is 0.383 e. The molecule has 4 nitrogen and oxygen atoms in total. The zero-order chi connectivity index (χ0) is 15.0. The number of carbonyl (C=O) groups excluding carboxylic acids is 1. The van der Waals surface area contributed by atoms with Crippen molar-refractivity contribution in [2.75, 3.05) is 25.6 Å². The number of halogens is 2. The quantitative estimate of drug-likeness (QED) is 0.773. The molecule has 0 heterocycles. The van der Waals surface area contributed by atoms with Crippen LogP contribution in [0.4, 0.5) is 5.69 Å². The molecule has 1 rings (SSSR count). The number of methoxy groups -OCH3 is 1. The van der Waals surface area contributed by atoms with E-state index in [1.54, 1.807) is 25.3 Å². The predicted molar refractivity (Wildman–Crippen MR) is 83.7 cm³/mol. The van der Waals surface area contributed by atoms with Crippen molar-refractivity contribution < 1.29 is 9.53 Å². The van der Waals surface area contributed by atoms with Crippen LogP contribution < -0.4 is 10.6 Å². The maximum absolute atomic E-state index is 11.9. The molecule has 1 aromatic carbocycles. The molecule has 20 heavy (non-hydrogen) atoms. The van der Waals surface area contributed by atoms with Gasteiger partial charge in [0.1, 0.15) is 0 Å². The normalized spacial score (nSPS) is 12.2. The summed E-state index contributed by atoms with van der Waals surface area (Å²) < 4.78 is 5.11. The third-order valence-corrected chi connectivity index (χ3v) is 3.41. The lowest BCUT2D eigenvalue weighted by Crippen LogP contribution is -2.38. The van der Waals surface area contributed by atoms with Crippen LogP contribution in [-0.4, -0.2) is 32.2 Å². The number of hydrogen-bond donors (Lipinski definition) is 2. The average Bonchev–Trinajstić information content (AvgIpc) is 2.41. The molecular weight excluding hydrogens is 299 g/mol. The molecule has 1 atom stereocenters. The van der Waals surface area contributed by atoms with Gasteiger partial charge in [0.15, 0.2) is 0 Å². The fourth-order valence-electron chi connectivity index (χ4n) is 1.83. The average molecular weight is 319 g/mol. The Labute approximate surface area is 129 Å². The highest BCUT2D eigenvalue weighted by atomic mass is 35.5. The summed E-state index contributed by atoms with van der Waals surface area (Å²) in [4.78, 5) is 11.9. The molecule has 0 aromatic heterocycles. The van der Waals surface area contributed by atoms with Crippen molar-refractivity contribution in [1.82, 2.24) is 5.32 Å². The molecule has 0 bridgehead atoms. The van der Waals surface area contributed by atoms with Crippen LogP contribution in [0.2, 0.25) is 10.0 Å². The molecule has 0 saturated heterocycles. The smallest absolute Gasteiger partial charge is 0.238 e. The van der Waals surface area contributed by atoms with E-state index in [4.69, 9.17) is 27.9 Å². The fourth-order valence-corrected chi connectivity index (χ4v) is 2.32. The Kier molecular flexibility index (Phi) is 7.92. The van der Waals surface area contributed by atoms with Crippen LogP contribution in [0.15, 0.2) is 18.2 Å². The van der Waals surface area contributed by atoms with Crippen LogP contribution in [0, 0.1) is 0 Å². The Morgan fingerprint density at radius 3 is 2.55 bits per heavy atom. The van der Waals surface area contributed by atoms with Gasteiger partial charge < -0.3 is 15.4 Å². The lowest BCUT2D eigenvalue weighted by molar-refractivity contribution is -0.115. The van der Waals surface area contributed by atoms with Crippen molar-refractivity contribution in [2.45, 2.75) is 25.8 Å². The van der Waals surface area contributed by atoms with Crippen LogP contribution >= 0.6 is 23.2 Å². The molecular formula is C14H20Cl2N2O2. The summed E-state index contributed by atoms with van der Waals surface area (Å²) in [6.45, 7) is 2.86. The van der Waals surface area contributed by atoms with Gasteiger partial charge in [-0.05, 0) is 18.6 Å². The van der Waals surface area contributed by atoms with Crippen LogP contribution in [-0.2, 0) is 9.53 Å². The first-order valence-electron chi connectivity index (χ1n) is 6.54. The summed E-state index contributed by atoms with van der Waals surface area (Å²) in [7, 11) is 1.65. The van der Waals surface area contributed by atoms with Crippen LogP contribution in [0.1, 0.15) is 19.8 Å². The second-order valence-electron chi connectivity index (χ2n) is 4.47. The summed E-state index contributed by atoms with van der Waals surface area (Å²) >= 11 is 12.0. The molecule has 112 valence electrons. The van der Waals surface area contributed by atoms with Crippen LogP contribution in [0.3, 0.4) is 0 Å². The van der Waals surface area contributed by atoms with Gasteiger partial charge >= 0.3 is 0 Å². The van der Waals surface area contributed by atoms with Crippen molar-refractivity contribution in [2.24, 2.45) is 0 Å². The number of benzene rings is 1. The van der Waals surface area contributed by atoms with E-state index in [1.165, 1.54) is 0 Å². The Morgan fingerprint density at radius 2 is 2.00 bits per heavy atom. The molecule has 0 aliphatic rings. The fraction of sp³-hybridized carbons (Fsp3) is 0.500. The van der Waals surface area contributed by atoms with Gasteiger partial charge in [-0.2, -0.15) is 0 Å². The van der Waals surface area contributed by atoms with E-state index in [2.05, 4.69) is 17.6 Å². The van der Waals surface area contributed by atoms with Gasteiger partial charge in [-0.15, -0.1) is 0 Å². The topological polar surface area (TPSA) is 50.4 Å². The Morgan fingerprint density at radius 1 is 1.35 bits per heavy atom. The summed E-state index contributed by atoms with van der Waals surface area (Å²) in [6, 6.07) is 5.26. The number of amides is 1. The predicted octanol–water partition coefficient (Wildman–Crippen LogP) is 3.34. The molecule has 2 N–H and O–H groups in total. The van der Waals surface area contributed by atoms with Gasteiger partial charge in [0.2, 0.25) is 5.91 Å². The molecule has 1 aromatic rings. The maximum Gasteiger partial charge on any atom is 0.238 e. The number of para-hydroxylation sites is 1. The second kappa shape index (κ2) is 9.19. The third-order valence-electron chi connectivity index (χ3n) is 2.78. The van der Waals surface area contributed by atoms with Crippen molar-refractivity contribution in [1.29, 1.82) is 0 Å². The first-order chi connectivity index (χ1) is 9.58. The number of rotatable bonds is 8. The van der Waals surface area contributed by atoms with E-state index in [9.17, 15) is 4.79 Å². The van der Waals surface area contributed by atoms with E-state index in [0.717, 1.165) is 12.8 Å². The molecule has 0 fully saturated rings. The van der Waals surface area contributed by atoms with Crippen molar-refractivity contribution in [3.05, 3.63) is 28.2 Å². The first-order valence-corrected chi connectivity index (χ1v) is 7.30. The van der Waals surface area contributed by atoms with E-state index in [0.29, 0.717) is 22.3 Å². The van der Waals surface area contributed by atoms with Crippen LogP contribution in [0.5, 0.6) is 0 Å². The molecule has 1 amide bonds. The van der Waals surface area contributed by atoms with Gasteiger partial charge in [-0.3, -0.25) is 4.79 Å². The van der Waals surface area contributed by atoms with Gasteiger partial charge in [-0.1, -0.05) is 42.6 Å². The third kappa shape index (κ3) is 5.67. The highest BCUT2D eigenvalue weighted by molar-refractivity contribution is 6.39. The number of nitrogens with one attached hydrogen (secondary N) is 2. The molecule has 0 aliphatic heterocycles. The van der Waals surface area contributed by atoms with Crippen molar-refractivity contribution >= 4 is 34.8 Å².